The molecular weight excluding hydrogens is 329 g/mol. The Labute approximate surface area is 123 Å². The molecule has 0 saturated carbocycles. The lowest BCUT2D eigenvalue weighted by Gasteiger charge is -2.06. The van der Waals surface area contributed by atoms with Crippen LogP contribution in [0.1, 0.15) is 6.92 Å². The van der Waals surface area contributed by atoms with Gasteiger partial charge in [-0.25, -0.2) is 4.39 Å². The number of hydrogen-bond donors (Lipinski definition) is 1. The molecule has 1 aromatic heterocycles. The largest absolute Gasteiger partial charge is 0.438 e. The third kappa shape index (κ3) is 3.99. The van der Waals surface area contributed by atoms with E-state index < -0.39 is 0 Å². The number of hydrogen-bond acceptors (Lipinski definition) is 4. The van der Waals surface area contributed by atoms with Crippen LogP contribution < -0.4 is 10.1 Å². The van der Waals surface area contributed by atoms with E-state index in [0.717, 1.165) is 0 Å². The number of halogens is 2. The highest BCUT2D eigenvalue weighted by Crippen LogP contribution is 2.19. The summed E-state index contributed by atoms with van der Waals surface area (Å²) in [6.45, 7) is 1.70. The van der Waals surface area contributed by atoms with E-state index in [2.05, 4.69) is 31.4 Å². The van der Waals surface area contributed by atoms with E-state index >= 15 is 0 Å². The minimum atomic E-state index is -0.342. The smallest absolute Gasteiger partial charge is 0.239 e. The summed E-state index contributed by atoms with van der Waals surface area (Å²) < 4.78 is 18.1. The van der Waals surface area contributed by atoms with Crippen molar-refractivity contribution < 1.29 is 13.9 Å². The van der Waals surface area contributed by atoms with Crippen molar-refractivity contribution in [2.75, 3.05) is 5.32 Å². The molecular formula is C13H11BrFN3O2. The standard InChI is InChI=1S/C13H11BrFN3O2/c1-8(14)13(19)16-11-6-7-12(18-17-11)20-10-4-2-9(15)3-5-10/h2-8H,1H3,(H,16,17,19). The fraction of sp³-hybridized carbons (Fsp3) is 0.154. The topological polar surface area (TPSA) is 64.1 Å². The molecule has 0 saturated heterocycles. The van der Waals surface area contributed by atoms with Gasteiger partial charge in [-0.2, -0.15) is 0 Å². The van der Waals surface area contributed by atoms with Crippen LogP contribution in [0.4, 0.5) is 10.2 Å². The third-order valence-electron chi connectivity index (χ3n) is 2.29. The zero-order valence-corrected chi connectivity index (χ0v) is 12.1. The van der Waals surface area contributed by atoms with Crippen LogP contribution in [0, 0.1) is 5.82 Å². The molecule has 0 aliphatic rings. The minimum absolute atomic E-state index is 0.216. The van der Waals surface area contributed by atoms with E-state index in [4.69, 9.17) is 4.74 Å². The molecule has 20 heavy (non-hydrogen) atoms. The summed E-state index contributed by atoms with van der Waals surface area (Å²) in [5.74, 6) is 0.470. The molecule has 7 heteroatoms. The second kappa shape index (κ2) is 6.42. The first-order valence-electron chi connectivity index (χ1n) is 5.76. The Morgan fingerprint density at radius 3 is 2.50 bits per heavy atom. The van der Waals surface area contributed by atoms with Gasteiger partial charge in [0, 0.05) is 6.07 Å². The maximum atomic E-state index is 12.7. The van der Waals surface area contributed by atoms with Gasteiger partial charge in [0.05, 0.1) is 4.83 Å². The van der Waals surface area contributed by atoms with E-state index in [1.54, 1.807) is 19.1 Å². The zero-order valence-electron chi connectivity index (χ0n) is 10.5. The Morgan fingerprint density at radius 2 is 1.95 bits per heavy atom. The lowest BCUT2D eigenvalue weighted by atomic mass is 10.3. The van der Waals surface area contributed by atoms with Crippen LogP contribution in [0.2, 0.25) is 0 Å². The Bertz CT molecular complexity index is 588. The monoisotopic (exact) mass is 339 g/mol. The molecule has 0 bridgehead atoms. The Morgan fingerprint density at radius 1 is 1.25 bits per heavy atom. The van der Waals surface area contributed by atoms with Gasteiger partial charge >= 0.3 is 0 Å². The SMILES string of the molecule is CC(Br)C(=O)Nc1ccc(Oc2ccc(F)cc2)nn1. The van der Waals surface area contributed by atoms with E-state index in [9.17, 15) is 9.18 Å². The van der Waals surface area contributed by atoms with Crippen LogP contribution >= 0.6 is 15.9 Å². The zero-order chi connectivity index (χ0) is 14.5. The molecule has 2 aromatic rings. The normalized spacial score (nSPS) is 11.8. The maximum Gasteiger partial charge on any atom is 0.239 e. The lowest BCUT2D eigenvalue weighted by Crippen LogP contribution is -2.20. The van der Waals surface area contributed by atoms with Gasteiger partial charge in [0.2, 0.25) is 11.8 Å². The molecule has 0 spiro atoms. The van der Waals surface area contributed by atoms with Crippen LogP contribution in [0.25, 0.3) is 0 Å². The van der Waals surface area contributed by atoms with Crippen LogP contribution in [-0.4, -0.2) is 20.9 Å². The van der Waals surface area contributed by atoms with E-state index in [-0.39, 0.29) is 22.4 Å². The molecule has 1 amide bonds. The Hall–Kier alpha value is -2.02. The fourth-order valence-corrected chi connectivity index (χ4v) is 1.40. The average molecular weight is 340 g/mol. The van der Waals surface area contributed by atoms with Crippen molar-refractivity contribution in [3.63, 3.8) is 0 Å². The number of alkyl halides is 1. The fourth-order valence-electron chi connectivity index (χ4n) is 1.29. The van der Waals surface area contributed by atoms with Crippen LogP contribution in [0.5, 0.6) is 11.6 Å². The van der Waals surface area contributed by atoms with Crippen molar-refractivity contribution in [3.05, 3.63) is 42.2 Å². The van der Waals surface area contributed by atoms with Gasteiger partial charge in [0.15, 0.2) is 5.82 Å². The predicted octanol–water partition coefficient (Wildman–Crippen LogP) is 3.13. The number of anilines is 1. The molecule has 2 rings (SSSR count). The molecule has 0 aliphatic heterocycles. The predicted molar refractivity (Wildman–Crippen MR) is 75.5 cm³/mol. The summed E-state index contributed by atoms with van der Waals surface area (Å²) in [6, 6.07) is 8.67. The number of benzene rings is 1. The van der Waals surface area contributed by atoms with Gasteiger partial charge in [0.1, 0.15) is 11.6 Å². The molecule has 0 radical (unpaired) electrons. The lowest BCUT2D eigenvalue weighted by molar-refractivity contribution is -0.115. The number of aromatic nitrogens is 2. The second-order valence-electron chi connectivity index (χ2n) is 3.92. The first kappa shape index (κ1) is 14.4. The van der Waals surface area contributed by atoms with Gasteiger partial charge in [-0.3, -0.25) is 4.79 Å². The first-order chi connectivity index (χ1) is 9.54. The number of nitrogens with one attached hydrogen (secondary N) is 1. The highest BCUT2D eigenvalue weighted by Gasteiger charge is 2.09. The number of carbonyl (C=O) groups is 1. The van der Waals surface area contributed by atoms with Crippen molar-refractivity contribution in [2.45, 2.75) is 11.8 Å². The molecule has 1 N–H and O–H groups in total. The quantitative estimate of drug-likeness (QED) is 0.869. The second-order valence-corrected chi connectivity index (χ2v) is 5.29. The van der Waals surface area contributed by atoms with Crippen LogP contribution in [0.3, 0.4) is 0 Å². The number of carbonyl (C=O) groups excluding carboxylic acids is 1. The summed E-state index contributed by atoms with van der Waals surface area (Å²) in [6.07, 6.45) is 0. The first-order valence-corrected chi connectivity index (χ1v) is 6.68. The average Bonchev–Trinajstić information content (AvgIpc) is 2.43. The summed E-state index contributed by atoms with van der Waals surface area (Å²) >= 11 is 3.15. The van der Waals surface area contributed by atoms with Gasteiger partial charge in [-0.05, 0) is 37.3 Å². The molecule has 1 aromatic carbocycles. The van der Waals surface area contributed by atoms with Gasteiger partial charge in [-0.15, -0.1) is 10.2 Å². The Kier molecular flexibility index (Phi) is 4.62. The molecule has 1 heterocycles. The van der Waals surface area contributed by atoms with Gasteiger partial charge in [-0.1, -0.05) is 15.9 Å². The third-order valence-corrected chi connectivity index (χ3v) is 2.70. The molecule has 0 fully saturated rings. The highest BCUT2D eigenvalue weighted by molar-refractivity contribution is 9.10. The van der Waals surface area contributed by atoms with Gasteiger partial charge < -0.3 is 10.1 Å². The Balaban J connectivity index is 2.01. The van der Waals surface area contributed by atoms with E-state index in [1.165, 1.54) is 24.3 Å². The van der Waals surface area contributed by atoms with Gasteiger partial charge in [0.25, 0.3) is 0 Å². The summed E-state index contributed by atoms with van der Waals surface area (Å²) in [5, 5.41) is 10.2. The molecule has 1 atom stereocenters. The number of nitrogens with zero attached hydrogens (tertiary/aromatic N) is 2. The van der Waals surface area contributed by atoms with E-state index in [0.29, 0.717) is 11.6 Å². The van der Waals surface area contributed by atoms with Crippen molar-refractivity contribution in [1.29, 1.82) is 0 Å². The number of ether oxygens (including phenoxy) is 1. The van der Waals surface area contributed by atoms with E-state index in [1.807, 2.05) is 0 Å². The highest BCUT2D eigenvalue weighted by atomic mass is 79.9. The molecule has 1 unspecified atom stereocenters. The molecule has 5 nitrogen and oxygen atoms in total. The van der Waals surface area contributed by atoms with Crippen molar-refractivity contribution in [1.82, 2.24) is 10.2 Å². The van der Waals surface area contributed by atoms with Crippen molar-refractivity contribution in [2.24, 2.45) is 0 Å². The summed E-state index contributed by atoms with van der Waals surface area (Å²) in [4.78, 5) is 11.1. The number of amides is 1. The van der Waals surface area contributed by atoms with Crippen molar-refractivity contribution >= 4 is 27.7 Å². The van der Waals surface area contributed by atoms with Crippen molar-refractivity contribution in [3.8, 4) is 11.6 Å². The van der Waals surface area contributed by atoms with Crippen LogP contribution in [0.15, 0.2) is 36.4 Å². The minimum Gasteiger partial charge on any atom is -0.438 e. The van der Waals surface area contributed by atoms with Crippen LogP contribution in [-0.2, 0) is 4.79 Å². The maximum absolute atomic E-state index is 12.7. The molecule has 104 valence electrons. The summed E-state index contributed by atoms with van der Waals surface area (Å²) in [5.41, 5.74) is 0. The summed E-state index contributed by atoms with van der Waals surface area (Å²) in [7, 11) is 0. The molecule has 0 aliphatic carbocycles. The number of rotatable bonds is 4.